The van der Waals surface area contributed by atoms with Gasteiger partial charge in [0.25, 0.3) is 0 Å². The van der Waals surface area contributed by atoms with Gasteiger partial charge in [-0.05, 0) is 50.5 Å². The van der Waals surface area contributed by atoms with Crippen molar-refractivity contribution in [1.29, 1.82) is 0 Å². The molecule has 0 aromatic carbocycles. The number of carbonyl (C=O) groups excluding carboxylic acids is 1. The fourth-order valence-corrected chi connectivity index (χ4v) is 3.63. The molecule has 3 N–H and O–H groups in total. The molecule has 2 saturated carbocycles. The van der Waals surface area contributed by atoms with Crippen LogP contribution in [0.15, 0.2) is 0 Å². The van der Waals surface area contributed by atoms with Crippen LogP contribution in [0.5, 0.6) is 0 Å². The maximum Gasteiger partial charge on any atom is 0.223 e. The van der Waals surface area contributed by atoms with Crippen LogP contribution in [0.4, 0.5) is 0 Å². The molecule has 3 heteroatoms. The van der Waals surface area contributed by atoms with Gasteiger partial charge in [-0.3, -0.25) is 4.79 Å². The van der Waals surface area contributed by atoms with Crippen molar-refractivity contribution in [1.82, 2.24) is 5.32 Å². The fourth-order valence-electron chi connectivity index (χ4n) is 3.63. The van der Waals surface area contributed by atoms with Crippen LogP contribution in [-0.4, -0.2) is 19.0 Å². The summed E-state index contributed by atoms with van der Waals surface area (Å²) in [7, 11) is 0. The van der Waals surface area contributed by atoms with Crippen LogP contribution in [0.3, 0.4) is 0 Å². The zero-order chi connectivity index (χ0) is 12.8. The molecular weight excluding hydrogens is 224 g/mol. The maximum absolute atomic E-state index is 12.2. The van der Waals surface area contributed by atoms with Gasteiger partial charge >= 0.3 is 0 Å². The molecule has 104 valence electrons. The molecule has 0 heterocycles. The van der Waals surface area contributed by atoms with Crippen molar-refractivity contribution in [2.45, 2.75) is 57.8 Å². The lowest BCUT2D eigenvalue weighted by molar-refractivity contribution is -0.126. The van der Waals surface area contributed by atoms with Gasteiger partial charge in [-0.25, -0.2) is 0 Å². The highest BCUT2D eigenvalue weighted by Crippen LogP contribution is 2.31. The van der Waals surface area contributed by atoms with Crippen molar-refractivity contribution < 1.29 is 4.79 Å². The molecule has 2 aliphatic carbocycles. The van der Waals surface area contributed by atoms with Crippen molar-refractivity contribution in [3.63, 3.8) is 0 Å². The molecule has 18 heavy (non-hydrogen) atoms. The molecule has 0 spiro atoms. The monoisotopic (exact) mass is 252 g/mol. The third-order valence-electron chi connectivity index (χ3n) is 4.77. The van der Waals surface area contributed by atoms with Gasteiger partial charge in [-0.2, -0.15) is 0 Å². The second kappa shape index (κ2) is 7.13. The molecule has 2 atom stereocenters. The topological polar surface area (TPSA) is 55.1 Å². The average Bonchev–Trinajstić information content (AvgIpc) is 2.90. The summed E-state index contributed by atoms with van der Waals surface area (Å²) in [6.07, 6.45) is 11.0. The summed E-state index contributed by atoms with van der Waals surface area (Å²) in [6.45, 7) is 1.68. The highest BCUT2D eigenvalue weighted by atomic mass is 16.1. The van der Waals surface area contributed by atoms with E-state index in [2.05, 4.69) is 5.32 Å². The lowest BCUT2D eigenvalue weighted by atomic mass is 9.79. The molecule has 2 rings (SSSR count). The molecule has 0 aliphatic heterocycles. The Morgan fingerprint density at radius 3 is 2.50 bits per heavy atom. The Labute approximate surface area is 111 Å². The first-order valence-electron chi connectivity index (χ1n) is 7.77. The smallest absolute Gasteiger partial charge is 0.223 e. The largest absolute Gasteiger partial charge is 0.356 e. The Kier molecular flexibility index (Phi) is 5.48. The van der Waals surface area contributed by atoms with E-state index in [1.807, 2.05) is 0 Å². The number of hydrogen-bond donors (Lipinski definition) is 2. The first-order chi connectivity index (χ1) is 8.79. The standard InChI is InChI=1S/C15H28N2O/c16-9-8-12-6-3-7-14(10-12)15(18)17-11-13-4-1-2-5-13/h12-14H,1-11,16H2,(H,17,18). The molecule has 2 fully saturated rings. The van der Waals surface area contributed by atoms with E-state index in [4.69, 9.17) is 5.73 Å². The predicted molar refractivity (Wildman–Crippen MR) is 74.1 cm³/mol. The Balaban J connectivity index is 1.70. The van der Waals surface area contributed by atoms with Gasteiger partial charge < -0.3 is 11.1 Å². The van der Waals surface area contributed by atoms with Crippen LogP contribution in [0.1, 0.15) is 57.8 Å². The minimum absolute atomic E-state index is 0.261. The number of amides is 1. The van der Waals surface area contributed by atoms with E-state index >= 15 is 0 Å². The third-order valence-corrected chi connectivity index (χ3v) is 4.77. The first kappa shape index (κ1) is 13.9. The van der Waals surface area contributed by atoms with Crippen molar-refractivity contribution >= 4 is 5.91 Å². The van der Waals surface area contributed by atoms with Gasteiger partial charge in [-0.15, -0.1) is 0 Å². The molecular formula is C15H28N2O. The minimum atomic E-state index is 0.261. The van der Waals surface area contributed by atoms with Gasteiger partial charge in [0.1, 0.15) is 0 Å². The van der Waals surface area contributed by atoms with Crippen molar-refractivity contribution in [3.8, 4) is 0 Å². The van der Waals surface area contributed by atoms with E-state index < -0.39 is 0 Å². The van der Waals surface area contributed by atoms with Crippen molar-refractivity contribution in [2.24, 2.45) is 23.5 Å². The predicted octanol–water partition coefficient (Wildman–Crippen LogP) is 2.45. The summed E-state index contributed by atoms with van der Waals surface area (Å²) in [4.78, 5) is 12.2. The number of nitrogens with two attached hydrogens (primary N) is 1. The summed E-state index contributed by atoms with van der Waals surface area (Å²) in [6, 6.07) is 0. The van der Waals surface area contributed by atoms with E-state index in [0.29, 0.717) is 11.8 Å². The van der Waals surface area contributed by atoms with Gasteiger partial charge in [0.2, 0.25) is 5.91 Å². The lowest BCUT2D eigenvalue weighted by Gasteiger charge is -2.28. The normalized spacial score (nSPS) is 29.4. The van der Waals surface area contributed by atoms with Gasteiger partial charge in [-0.1, -0.05) is 25.7 Å². The Morgan fingerprint density at radius 1 is 1.06 bits per heavy atom. The Bertz CT molecular complexity index is 259. The Morgan fingerprint density at radius 2 is 1.78 bits per heavy atom. The molecule has 0 bridgehead atoms. The maximum atomic E-state index is 12.2. The second-order valence-electron chi connectivity index (χ2n) is 6.20. The zero-order valence-corrected chi connectivity index (χ0v) is 11.5. The molecule has 2 unspecified atom stereocenters. The molecule has 2 aliphatic rings. The van der Waals surface area contributed by atoms with E-state index in [1.54, 1.807) is 0 Å². The van der Waals surface area contributed by atoms with Gasteiger partial charge in [0.05, 0.1) is 0 Å². The SMILES string of the molecule is NCCC1CCCC(C(=O)NCC2CCCC2)C1. The number of carbonyl (C=O) groups is 1. The quantitative estimate of drug-likeness (QED) is 0.789. The van der Waals surface area contributed by atoms with Crippen LogP contribution < -0.4 is 11.1 Å². The molecule has 0 aromatic heterocycles. The molecule has 0 radical (unpaired) electrons. The minimum Gasteiger partial charge on any atom is -0.356 e. The van der Waals surface area contributed by atoms with Crippen LogP contribution in [0, 0.1) is 17.8 Å². The van der Waals surface area contributed by atoms with Crippen LogP contribution in [0.2, 0.25) is 0 Å². The van der Waals surface area contributed by atoms with E-state index in [-0.39, 0.29) is 5.92 Å². The molecule has 3 nitrogen and oxygen atoms in total. The highest BCUT2D eigenvalue weighted by Gasteiger charge is 2.27. The Hall–Kier alpha value is -0.570. The van der Waals surface area contributed by atoms with Gasteiger partial charge in [0.15, 0.2) is 0 Å². The first-order valence-corrected chi connectivity index (χ1v) is 7.77. The molecule has 1 amide bonds. The van der Waals surface area contributed by atoms with E-state index in [0.717, 1.165) is 38.3 Å². The fraction of sp³-hybridized carbons (Fsp3) is 0.933. The number of hydrogen-bond acceptors (Lipinski definition) is 2. The number of rotatable bonds is 5. The highest BCUT2D eigenvalue weighted by molar-refractivity contribution is 5.78. The van der Waals surface area contributed by atoms with Crippen LogP contribution >= 0.6 is 0 Å². The zero-order valence-electron chi connectivity index (χ0n) is 11.5. The molecule has 0 saturated heterocycles. The van der Waals surface area contributed by atoms with Crippen LogP contribution in [-0.2, 0) is 4.79 Å². The summed E-state index contributed by atoms with van der Waals surface area (Å²) in [5.41, 5.74) is 5.62. The lowest BCUT2D eigenvalue weighted by Crippen LogP contribution is -2.36. The van der Waals surface area contributed by atoms with E-state index in [9.17, 15) is 4.79 Å². The van der Waals surface area contributed by atoms with E-state index in [1.165, 1.54) is 38.5 Å². The van der Waals surface area contributed by atoms with Crippen molar-refractivity contribution in [3.05, 3.63) is 0 Å². The number of nitrogens with one attached hydrogen (secondary N) is 1. The summed E-state index contributed by atoms with van der Waals surface area (Å²) in [5.74, 6) is 2.00. The summed E-state index contributed by atoms with van der Waals surface area (Å²) >= 11 is 0. The third kappa shape index (κ3) is 3.98. The van der Waals surface area contributed by atoms with Crippen LogP contribution in [0.25, 0.3) is 0 Å². The van der Waals surface area contributed by atoms with Crippen molar-refractivity contribution in [2.75, 3.05) is 13.1 Å². The second-order valence-corrected chi connectivity index (χ2v) is 6.20. The average molecular weight is 252 g/mol. The molecule has 0 aromatic rings. The summed E-state index contributed by atoms with van der Waals surface area (Å²) < 4.78 is 0. The van der Waals surface area contributed by atoms with Gasteiger partial charge in [0, 0.05) is 12.5 Å². The summed E-state index contributed by atoms with van der Waals surface area (Å²) in [5, 5.41) is 3.19.